The summed E-state index contributed by atoms with van der Waals surface area (Å²) in [5.74, 6) is -0.876. The van der Waals surface area contributed by atoms with Crippen LogP contribution in [0.1, 0.15) is 61.9 Å². The third-order valence-electron chi connectivity index (χ3n) is 6.54. The van der Waals surface area contributed by atoms with Crippen LogP contribution in [0.4, 0.5) is 17.1 Å². The summed E-state index contributed by atoms with van der Waals surface area (Å²) < 4.78 is 0. The van der Waals surface area contributed by atoms with Crippen LogP contribution in [-0.4, -0.2) is 17.0 Å². The first-order valence-corrected chi connectivity index (χ1v) is 12.1. The van der Waals surface area contributed by atoms with Gasteiger partial charge in [0.15, 0.2) is 0 Å². The zero-order valence-corrected chi connectivity index (χ0v) is 19.9. The molecule has 5 nitrogen and oxygen atoms in total. The zero-order chi connectivity index (χ0) is 24.1. The highest BCUT2D eigenvalue weighted by molar-refractivity contribution is 6.02. The maximum absolute atomic E-state index is 12.7. The molecule has 2 N–H and O–H groups in total. The van der Waals surface area contributed by atoms with Gasteiger partial charge >= 0.3 is 5.97 Å². The molecule has 3 aromatic carbocycles. The average Bonchev–Trinajstić information content (AvgIpc) is 2.86. The number of nitrogens with zero attached hydrogens (tertiary/aromatic N) is 1. The average molecular weight is 457 g/mol. The third kappa shape index (κ3) is 4.84. The van der Waals surface area contributed by atoms with E-state index in [0.29, 0.717) is 6.54 Å². The molecule has 0 fully saturated rings. The lowest BCUT2D eigenvalue weighted by molar-refractivity contribution is -0.124. The normalized spacial score (nSPS) is 12.7. The molecular weight excluding hydrogens is 424 g/mol. The van der Waals surface area contributed by atoms with Gasteiger partial charge in [0, 0.05) is 29.3 Å². The van der Waals surface area contributed by atoms with Crippen LogP contribution < -0.4 is 10.2 Å². The van der Waals surface area contributed by atoms with Gasteiger partial charge < -0.3 is 15.3 Å². The maximum atomic E-state index is 12.7. The molecule has 1 aliphatic heterocycles. The van der Waals surface area contributed by atoms with E-state index < -0.39 is 5.97 Å². The Morgan fingerprint density at radius 2 is 1.76 bits per heavy atom. The molecule has 1 aliphatic rings. The molecule has 4 rings (SSSR count). The molecule has 176 valence electrons. The predicted octanol–water partition coefficient (Wildman–Crippen LogP) is 7.06. The van der Waals surface area contributed by atoms with Gasteiger partial charge in [-0.2, -0.15) is 0 Å². The zero-order valence-electron chi connectivity index (χ0n) is 19.9. The van der Waals surface area contributed by atoms with Crippen LogP contribution in [0.25, 0.3) is 11.1 Å². The predicted molar refractivity (Wildman–Crippen MR) is 137 cm³/mol. The first kappa shape index (κ1) is 23.6. The summed E-state index contributed by atoms with van der Waals surface area (Å²) in [5, 5.41) is 12.6. The molecule has 0 saturated carbocycles. The Morgan fingerprint density at radius 3 is 2.50 bits per heavy atom. The van der Waals surface area contributed by atoms with Crippen molar-refractivity contribution < 1.29 is 14.7 Å². The van der Waals surface area contributed by atoms with Crippen LogP contribution in [-0.2, 0) is 11.3 Å². The van der Waals surface area contributed by atoms with E-state index in [9.17, 15) is 14.7 Å². The van der Waals surface area contributed by atoms with Gasteiger partial charge in [0.05, 0.1) is 16.9 Å². The number of anilines is 3. The van der Waals surface area contributed by atoms with Gasteiger partial charge in [-0.05, 0) is 36.2 Å². The number of nitrogens with one attached hydrogen (secondary N) is 1. The number of hydrogen-bond acceptors (Lipinski definition) is 3. The first-order chi connectivity index (χ1) is 16.5. The SMILES string of the molecule is CCCCCCC(C)C(=O)NCc1c2ccc(-c3ccccc3)c1N2c1cccc(C(=O)O)c1. The van der Waals surface area contributed by atoms with Crippen LogP contribution in [0.2, 0.25) is 0 Å². The number of benzene rings is 3. The van der Waals surface area contributed by atoms with Crippen LogP contribution in [0.3, 0.4) is 0 Å². The number of carboxylic acids is 1. The summed E-state index contributed by atoms with van der Waals surface area (Å²) in [5.41, 5.74) is 6.29. The van der Waals surface area contributed by atoms with E-state index >= 15 is 0 Å². The lowest BCUT2D eigenvalue weighted by Crippen LogP contribution is -2.33. The molecule has 1 amide bonds. The smallest absolute Gasteiger partial charge is 0.335 e. The second-order valence-corrected chi connectivity index (χ2v) is 8.98. The topological polar surface area (TPSA) is 69.6 Å². The Balaban J connectivity index is 1.58. The molecule has 1 atom stereocenters. The largest absolute Gasteiger partial charge is 0.478 e. The number of carboxylic acid groups (broad SMARTS) is 1. The number of aromatic carboxylic acids is 1. The van der Waals surface area contributed by atoms with Gasteiger partial charge in [0.2, 0.25) is 5.91 Å². The Kier molecular flexibility index (Phi) is 7.31. The van der Waals surface area contributed by atoms with E-state index in [0.717, 1.165) is 46.6 Å². The standard InChI is InChI=1S/C29H32N2O3/c1-3-4-5-7-11-20(2)28(32)30-19-25-26-17-16-24(21-12-8-6-9-13-21)27(25)31(26)23-15-10-14-22(18-23)29(33)34/h6,8-10,12-18,20H,3-5,7,11,19H2,1-2H3,(H,30,32)(H,33,34). The van der Waals surface area contributed by atoms with E-state index in [-0.39, 0.29) is 17.4 Å². The van der Waals surface area contributed by atoms with E-state index in [4.69, 9.17) is 0 Å². The molecule has 0 saturated heterocycles. The molecule has 1 unspecified atom stereocenters. The molecule has 1 heterocycles. The molecule has 0 aromatic heterocycles. The number of carbonyl (C=O) groups excluding carboxylic acids is 1. The Morgan fingerprint density at radius 1 is 0.971 bits per heavy atom. The highest BCUT2D eigenvalue weighted by atomic mass is 16.4. The molecule has 0 spiro atoms. The van der Waals surface area contributed by atoms with Gasteiger partial charge in [-0.3, -0.25) is 4.79 Å². The summed E-state index contributed by atoms with van der Waals surface area (Å²) >= 11 is 0. The van der Waals surface area contributed by atoms with Crippen LogP contribution in [0, 0.1) is 5.92 Å². The maximum Gasteiger partial charge on any atom is 0.335 e. The third-order valence-corrected chi connectivity index (χ3v) is 6.54. The van der Waals surface area contributed by atoms with Crippen molar-refractivity contribution in [2.45, 2.75) is 52.5 Å². The van der Waals surface area contributed by atoms with Gasteiger partial charge in [0.25, 0.3) is 0 Å². The van der Waals surface area contributed by atoms with E-state index in [1.807, 2.05) is 31.2 Å². The fraction of sp³-hybridized carbons (Fsp3) is 0.310. The van der Waals surface area contributed by atoms with Crippen LogP contribution >= 0.6 is 0 Å². The van der Waals surface area contributed by atoms with Crippen LogP contribution in [0.5, 0.6) is 0 Å². The minimum Gasteiger partial charge on any atom is -0.478 e. The van der Waals surface area contributed by atoms with Crippen molar-refractivity contribution in [2.24, 2.45) is 5.92 Å². The summed E-state index contributed by atoms with van der Waals surface area (Å²) in [6.45, 7) is 4.64. The molecular formula is C29H32N2O3. The van der Waals surface area contributed by atoms with Crippen molar-refractivity contribution in [1.29, 1.82) is 0 Å². The van der Waals surface area contributed by atoms with Gasteiger partial charge in [0.1, 0.15) is 0 Å². The number of hydrogen-bond donors (Lipinski definition) is 2. The highest BCUT2D eigenvalue weighted by Gasteiger charge is 2.33. The number of rotatable bonds is 11. The summed E-state index contributed by atoms with van der Waals surface area (Å²) in [4.78, 5) is 26.4. The van der Waals surface area contributed by atoms with Crippen molar-refractivity contribution in [2.75, 3.05) is 4.90 Å². The van der Waals surface area contributed by atoms with Crippen molar-refractivity contribution >= 4 is 28.9 Å². The van der Waals surface area contributed by atoms with E-state index in [1.165, 1.54) is 19.3 Å². The Hall–Kier alpha value is -3.60. The van der Waals surface area contributed by atoms with Crippen LogP contribution in [0.15, 0.2) is 66.7 Å². The van der Waals surface area contributed by atoms with E-state index in [1.54, 1.807) is 18.2 Å². The second kappa shape index (κ2) is 10.6. The minimum absolute atomic E-state index is 0.0103. The van der Waals surface area contributed by atoms with Gasteiger partial charge in [-0.25, -0.2) is 4.79 Å². The lowest BCUT2D eigenvalue weighted by Gasteiger charge is -2.41. The number of carbonyl (C=O) groups is 2. The first-order valence-electron chi connectivity index (χ1n) is 12.1. The molecule has 34 heavy (non-hydrogen) atoms. The fourth-order valence-electron chi connectivity index (χ4n) is 4.59. The number of unbranched alkanes of at least 4 members (excludes halogenated alkanes) is 3. The summed E-state index contributed by atoms with van der Waals surface area (Å²) in [7, 11) is 0. The second-order valence-electron chi connectivity index (χ2n) is 8.98. The van der Waals surface area contributed by atoms with Crippen molar-refractivity contribution in [3.8, 4) is 11.1 Å². The van der Waals surface area contributed by atoms with Gasteiger partial charge in [-0.1, -0.05) is 82.0 Å². The quantitative estimate of drug-likeness (QED) is 0.237. The summed E-state index contributed by atoms with van der Waals surface area (Å²) in [6.07, 6.45) is 5.56. The molecule has 5 heteroatoms. The fourth-order valence-corrected chi connectivity index (χ4v) is 4.59. The lowest BCUT2D eigenvalue weighted by atomic mass is 9.89. The molecule has 0 aliphatic carbocycles. The van der Waals surface area contributed by atoms with Gasteiger partial charge in [-0.15, -0.1) is 0 Å². The van der Waals surface area contributed by atoms with Crippen molar-refractivity contribution in [3.05, 3.63) is 77.9 Å². The van der Waals surface area contributed by atoms with Crippen molar-refractivity contribution in [1.82, 2.24) is 5.32 Å². The van der Waals surface area contributed by atoms with E-state index in [2.05, 4.69) is 41.4 Å². The van der Waals surface area contributed by atoms with Crippen molar-refractivity contribution in [3.63, 3.8) is 0 Å². The Bertz CT molecular complexity index is 1170. The molecule has 0 radical (unpaired) electrons. The summed E-state index contributed by atoms with van der Waals surface area (Å²) in [6, 6.07) is 21.3. The number of amides is 1. The molecule has 2 bridgehead atoms. The Labute approximate surface area is 201 Å². The highest BCUT2D eigenvalue weighted by Crippen LogP contribution is 2.54. The minimum atomic E-state index is -0.949. The number of fused-ring (bicyclic) bond motifs is 2. The monoisotopic (exact) mass is 456 g/mol. The molecule has 3 aromatic rings.